The number of aromatic nitrogens is 1. The SMILES string of the molecule is COC1CCCC(Nc2ccc3ccccc3n2)C1. The minimum Gasteiger partial charge on any atom is -0.381 e. The maximum absolute atomic E-state index is 5.47. The molecule has 1 heterocycles. The Balaban J connectivity index is 1.74. The minimum absolute atomic E-state index is 0.395. The van der Waals surface area contributed by atoms with Gasteiger partial charge in [-0.3, -0.25) is 0 Å². The summed E-state index contributed by atoms with van der Waals surface area (Å²) in [6.07, 6.45) is 5.08. The molecule has 1 aromatic carbocycles. The minimum atomic E-state index is 0.395. The van der Waals surface area contributed by atoms with E-state index in [4.69, 9.17) is 4.74 Å². The average molecular weight is 256 g/mol. The fourth-order valence-electron chi connectivity index (χ4n) is 2.85. The highest BCUT2D eigenvalue weighted by molar-refractivity contribution is 5.80. The molecule has 1 saturated carbocycles. The van der Waals surface area contributed by atoms with Crippen LogP contribution < -0.4 is 5.32 Å². The van der Waals surface area contributed by atoms with Crippen molar-refractivity contribution >= 4 is 16.7 Å². The number of nitrogens with one attached hydrogen (secondary N) is 1. The molecule has 19 heavy (non-hydrogen) atoms. The quantitative estimate of drug-likeness (QED) is 0.911. The van der Waals surface area contributed by atoms with E-state index in [1.165, 1.54) is 24.6 Å². The molecule has 1 aliphatic rings. The predicted octanol–water partition coefficient (Wildman–Crippen LogP) is 3.60. The number of anilines is 1. The lowest BCUT2D eigenvalue weighted by molar-refractivity contribution is 0.0669. The Hall–Kier alpha value is -1.61. The van der Waals surface area contributed by atoms with Gasteiger partial charge in [0, 0.05) is 18.5 Å². The lowest BCUT2D eigenvalue weighted by Gasteiger charge is -2.29. The van der Waals surface area contributed by atoms with Gasteiger partial charge in [-0.1, -0.05) is 18.2 Å². The molecule has 2 atom stereocenters. The van der Waals surface area contributed by atoms with Gasteiger partial charge in [-0.2, -0.15) is 0 Å². The molecular weight excluding hydrogens is 236 g/mol. The van der Waals surface area contributed by atoms with Crippen molar-refractivity contribution in [3.05, 3.63) is 36.4 Å². The van der Waals surface area contributed by atoms with Gasteiger partial charge in [0.1, 0.15) is 5.82 Å². The summed E-state index contributed by atoms with van der Waals surface area (Å²) in [4.78, 5) is 4.67. The van der Waals surface area contributed by atoms with Gasteiger partial charge >= 0.3 is 0 Å². The van der Waals surface area contributed by atoms with Gasteiger partial charge in [0.05, 0.1) is 11.6 Å². The summed E-state index contributed by atoms with van der Waals surface area (Å²) in [6, 6.07) is 12.9. The van der Waals surface area contributed by atoms with Crippen LogP contribution in [0.2, 0.25) is 0 Å². The molecule has 0 amide bonds. The normalized spacial score (nSPS) is 23.4. The van der Waals surface area contributed by atoms with Crippen LogP contribution in [-0.4, -0.2) is 24.2 Å². The highest BCUT2D eigenvalue weighted by Crippen LogP contribution is 2.24. The molecule has 0 bridgehead atoms. The molecule has 1 aliphatic carbocycles. The maximum Gasteiger partial charge on any atom is 0.126 e. The fourth-order valence-corrected chi connectivity index (χ4v) is 2.85. The first-order valence-corrected chi connectivity index (χ1v) is 7.00. The number of hydrogen-bond acceptors (Lipinski definition) is 3. The first-order valence-electron chi connectivity index (χ1n) is 7.00. The molecule has 1 fully saturated rings. The lowest BCUT2D eigenvalue weighted by atomic mass is 9.93. The fraction of sp³-hybridized carbons (Fsp3) is 0.438. The van der Waals surface area contributed by atoms with Crippen molar-refractivity contribution in [3.63, 3.8) is 0 Å². The van der Waals surface area contributed by atoms with Crippen LogP contribution >= 0.6 is 0 Å². The van der Waals surface area contributed by atoms with E-state index < -0.39 is 0 Å². The molecule has 0 aliphatic heterocycles. The summed E-state index contributed by atoms with van der Waals surface area (Å²) >= 11 is 0. The predicted molar refractivity (Wildman–Crippen MR) is 78.4 cm³/mol. The number of fused-ring (bicyclic) bond motifs is 1. The van der Waals surface area contributed by atoms with E-state index in [2.05, 4.69) is 34.6 Å². The van der Waals surface area contributed by atoms with Crippen molar-refractivity contribution < 1.29 is 4.74 Å². The summed E-state index contributed by atoms with van der Waals surface area (Å²) in [5, 5.41) is 4.73. The Morgan fingerprint density at radius 2 is 2.05 bits per heavy atom. The number of ether oxygens (including phenoxy) is 1. The Labute approximate surface area is 114 Å². The van der Waals surface area contributed by atoms with Gasteiger partial charge in [-0.25, -0.2) is 4.98 Å². The van der Waals surface area contributed by atoms with Crippen LogP contribution in [-0.2, 0) is 4.74 Å². The van der Waals surface area contributed by atoms with Crippen LogP contribution in [0.3, 0.4) is 0 Å². The van der Waals surface area contributed by atoms with E-state index in [1.807, 2.05) is 12.1 Å². The number of methoxy groups -OCH3 is 1. The summed E-state index contributed by atoms with van der Waals surface area (Å²) in [5.74, 6) is 0.973. The molecule has 2 aromatic rings. The van der Waals surface area contributed by atoms with Gasteiger partial charge in [0.25, 0.3) is 0 Å². The first-order chi connectivity index (χ1) is 9.35. The van der Waals surface area contributed by atoms with Gasteiger partial charge in [0.2, 0.25) is 0 Å². The maximum atomic E-state index is 5.47. The molecule has 1 aromatic heterocycles. The van der Waals surface area contributed by atoms with E-state index >= 15 is 0 Å². The molecule has 0 radical (unpaired) electrons. The lowest BCUT2D eigenvalue weighted by Crippen LogP contribution is -2.31. The van der Waals surface area contributed by atoms with E-state index in [1.54, 1.807) is 7.11 Å². The number of para-hydroxylation sites is 1. The van der Waals surface area contributed by atoms with E-state index in [-0.39, 0.29) is 0 Å². The van der Waals surface area contributed by atoms with Crippen molar-refractivity contribution in [2.75, 3.05) is 12.4 Å². The molecule has 1 N–H and O–H groups in total. The zero-order chi connectivity index (χ0) is 13.1. The Morgan fingerprint density at radius 3 is 2.95 bits per heavy atom. The number of benzene rings is 1. The van der Waals surface area contributed by atoms with Gasteiger partial charge in [-0.05, 0) is 43.9 Å². The van der Waals surface area contributed by atoms with Crippen LogP contribution in [0, 0.1) is 0 Å². The highest BCUT2D eigenvalue weighted by atomic mass is 16.5. The monoisotopic (exact) mass is 256 g/mol. The van der Waals surface area contributed by atoms with Crippen molar-refractivity contribution in [1.29, 1.82) is 0 Å². The van der Waals surface area contributed by atoms with Crippen LogP contribution in [0.5, 0.6) is 0 Å². The summed E-state index contributed by atoms with van der Waals surface area (Å²) in [5.41, 5.74) is 1.05. The first kappa shape index (κ1) is 12.4. The number of nitrogens with zero attached hydrogens (tertiary/aromatic N) is 1. The average Bonchev–Trinajstić information content (AvgIpc) is 2.47. The summed E-state index contributed by atoms with van der Waals surface area (Å²) in [6.45, 7) is 0. The summed E-state index contributed by atoms with van der Waals surface area (Å²) in [7, 11) is 1.81. The molecule has 3 heteroatoms. The van der Waals surface area contributed by atoms with Crippen LogP contribution in [0.4, 0.5) is 5.82 Å². The van der Waals surface area contributed by atoms with Gasteiger partial charge < -0.3 is 10.1 Å². The number of rotatable bonds is 3. The Kier molecular flexibility index (Phi) is 3.65. The van der Waals surface area contributed by atoms with Gasteiger partial charge in [0.15, 0.2) is 0 Å². The molecular formula is C16H20N2O. The Bertz CT molecular complexity index is 555. The van der Waals surface area contributed by atoms with Crippen molar-refractivity contribution in [1.82, 2.24) is 4.98 Å². The highest BCUT2D eigenvalue weighted by Gasteiger charge is 2.21. The molecule has 100 valence electrons. The third-order valence-electron chi connectivity index (χ3n) is 3.91. The topological polar surface area (TPSA) is 34.1 Å². The van der Waals surface area contributed by atoms with Crippen LogP contribution in [0.1, 0.15) is 25.7 Å². The third kappa shape index (κ3) is 2.87. The number of hydrogen-bond donors (Lipinski definition) is 1. The molecule has 3 nitrogen and oxygen atoms in total. The second-order valence-corrected chi connectivity index (χ2v) is 5.25. The van der Waals surface area contributed by atoms with E-state index in [9.17, 15) is 0 Å². The van der Waals surface area contributed by atoms with E-state index in [0.29, 0.717) is 12.1 Å². The largest absolute Gasteiger partial charge is 0.381 e. The third-order valence-corrected chi connectivity index (χ3v) is 3.91. The van der Waals surface area contributed by atoms with Crippen LogP contribution in [0.15, 0.2) is 36.4 Å². The Morgan fingerprint density at radius 1 is 1.16 bits per heavy atom. The standard InChI is InChI=1S/C16H20N2O/c1-19-14-7-4-6-13(11-14)17-16-10-9-12-5-2-3-8-15(12)18-16/h2-3,5,8-10,13-14H,4,6-7,11H2,1H3,(H,17,18). The second-order valence-electron chi connectivity index (χ2n) is 5.25. The van der Waals surface area contributed by atoms with Crippen molar-refractivity contribution in [2.24, 2.45) is 0 Å². The zero-order valence-electron chi connectivity index (χ0n) is 11.3. The molecule has 2 unspecified atom stereocenters. The second kappa shape index (κ2) is 5.57. The summed E-state index contributed by atoms with van der Waals surface area (Å²) < 4.78 is 5.47. The molecule has 0 spiro atoms. The van der Waals surface area contributed by atoms with Crippen LogP contribution in [0.25, 0.3) is 10.9 Å². The smallest absolute Gasteiger partial charge is 0.126 e. The van der Waals surface area contributed by atoms with Crippen molar-refractivity contribution in [3.8, 4) is 0 Å². The zero-order valence-corrected chi connectivity index (χ0v) is 11.3. The van der Waals surface area contributed by atoms with Crippen molar-refractivity contribution in [2.45, 2.75) is 37.8 Å². The molecule has 3 rings (SSSR count). The van der Waals surface area contributed by atoms with E-state index in [0.717, 1.165) is 17.8 Å². The molecule has 0 saturated heterocycles. The van der Waals surface area contributed by atoms with Gasteiger partial charge in [-0.15, -0.1) is 0 Å². The number of pyridine rings is 1.